The van der Waals surface area contributed by atoms with Crippen LogP contribution in [0.25, 0.3) is 0 Å². The Balaban J connectivity index is 2.10. The summed E-state index contributed by atoms with van der Waals surface area (Å²) in [5.74, 6) is 1.69. The molecule has 0 amide bonds. The van der Waals surface area contributed by atoms with E-state index in [0.717, 1.165) is 30.2 Å². The Morgan fingerprint density at radius 2 is 2.05 bits per heavy atom. The molecule has 0 aliphatic heterocycles. The molecule has 114 valence electrons. The van der Waals surface area contributed by atoms with Crippen molar-refractivity contribution in [3.63, 3.8) is 0 Å². The summed E-state index contributed by atoms with van der Waals surface area (Å²) in [6.45, 7) is 5.84. The van der Waals surface area contributed by atoms with Crippen LogP contribution >= 0.6 is 0 Å². The van der Waals surface area contributed by atoms with Gasteiger partial charge in [-0.2, -0.15) is 5.10 Å². The molecule has 1 N–H and O–H groups in total. The lowest BCUT2D eigenvalue weighted by Gasteiger charge is -2.18. The molecule has 0 bridgehead atoms. The molecule has 21 heavy (non-hydrogen) atoms. The molecule has 0 fully saturated rings. The van der Waals surface area contributed by atoms with E-state index in [2.05, 4.69) is 24.3 Å². The monoisotopic (exact) mass is 289 g/mol. The van der Waals surface area contributed by atoms with Crippen molar-refractivity contribution in [1.82, 2.24) is 15.1 Å². The quantitative estimate of drug-likeness (QED) is 0.851. The van der Waals surface area contributed by atoms with E-state index < -0.39 is 0 Å². The fourth-order valence-electron chi connectivity index (χ4n) is 2.34. The number of nitrogens with zero attached hydrogens (tertiary/aromatic N) is 2. The fourth-order valence-corrected chi connectivity index (χ4v) is 2.34. The fraction of sp³-hybridized carbons (Fsp3) is 0.438. The van der Waals surface area contributed by atoms with Gasteiger partial charge in [0.05, 0.1) is 19.9 Å². The first kappa shape index (κ1) is 15.4. The van der Waals surface area contributed by atoms with Gasteiger partial charge in [0.25, 0.3) is 0 Å². The molecule has 0 spiro atoms. The number of aryl methyl sites for hydroxylation is 1. The van der Waals surface area contributed by atoms with Crippen LogP contribution in [0, 0.1) is 0 Å². The summed E-state index contributed by atoms with van der Waals surface area (Å²) in [7, 11) is 3.35. The second kappa shape index (κ2) is 7.13. The number of ether oxygens (including phenoxy) is 2. The summed E-state index contributed by atoms with van der Waals surface area (Å²) in [6.07, 6.45) is 1.83. The molecule has 5 heteroatoms. The zero-order chi connectivity index (χ0) is 15.2. The third-order valence-electron chi connectivity index (χ3n) is 3.60. The van der Waals surface area contributed by atoms with Crippen LogP contribution in [0.2, 0.25) is 0 Å². The van der Waals surface area contributed by atoms with Crippen molar-refractivity contribution >= 4 is 0 Å². The molecule has 1 unspecified atom stereocenters. The summed E-state index contributed by atoms with van der Waals surface area (Å²) in [6, 6.07) is 8.03. The van der Waals surface area contributed by atoms with Gasteiger partial charge in [-0.3, -0.25) is 4.68 Å². The molecule has 2 rings (SSSR count). The Bertz CT molecular complexity index is 581. The Hall–Kier alpha value is -2.01. The van der Waals surface area contributed by atoms with Crippen molar-refractivity contribution in [2.45, 2.75) is 33.0 Å². The molecular weight excluding hydrogens is 266 g/mol. The number of hydrogen-bond donors (Lipinski definition) is 1. The number of nitrogens with one attached hydrogen (secondary N) is 1. The summed E-state index contributed by atoms with van der Waals surface area (Å²) in [4.78, 5) is 0. The molecule has 1 aromatic carbocycles. The van der Waals surface area contributed by atoms with E-state index in [-0.39, 0.29) is 6.04 Å². The van der Waals surface area contributed by atoms with E-state index in [4.69, 9.17) is 9.47 Å². The van der Waals surface area contributed by atoms with Crippen molar-refractivity contribution in [2.75, 3.05) is 14.2 Å². The maximum absolute atomic E-state index is 5.43. The van der Waals surface area contributed by atoms with E-state index >= 15 is 0 Å². The summed E-state index contributed by atoms with van der Waals surface area (Å²) >= 11 is 0. The number of rotatable bonds is 7. The highest BCUT2D eigenvalue weighted by atomic mass is 16.5. The third-order valence-corrected chi connectivity index (χ3v) is 3.60. The lowest BCUT2D eigenvalue weighted by Crippen LogP contribution is -2.20. The van der Waals surface area contributed by atoms with Crippen LogP contribution in [0.3, 0.4) is 0 Å². The molecule has 0 aliphatic carbocycles. The summed E-state index contributed by atoms with van der Waals surface area (Å²) in [5, 5.41) is 7.78. The highest BCUT2D eigenvalue weighted by Gasteiger charge is 2.13. The molecule has 1 heterocycles. The molecule has 1 aromatic heterocycles. The predicted octanol–water partition coefficient (Wildman–Crippen LogP) is 2.77. The number of hydrogen-bond acceptors (Lipinski definition) is 4. The van der Waals surface area contributed by atoms with Crippen LogP contribution in [0.1, 0.15) is 31.1 Å². The molecular formula is C16H23N3O2. The van der Waals surface area contributed by atoms with Gasteiger partial charge in [0.15, 0.2) is 0 Å². The second-order valence-corrected chi connectivity index (χ2v) is 4.85. The van der Waals surface area contributed by atoms with Crippen LogP contribution in [0.5, 0.6) is 11.5 Å². The minimum atomic E-state index is 0.148. The molecule has 0 radical (unpaired) electrons. The molecule has 0 aliphatic rings. The van der Waals surface area contributed by atoms with Crippen LogP contribution < -0.4 is 14.8 Å². The first-order chi connectivity index (χ1) is 10.2. The highest BCUT2D eigenvalue weighted by molar-refractivity contribution is 5.42. The topological polar surface area (TPSA) is 48.3 Å². The molecule has 5 nitrogen and oxygen atoms in total. The number of aromatic nitrogens is 2. The summed E-state index contributed by atoms with van der Waals surface area (Å²) in [5.41, 5.74) is 2.26. The Labute approximate surface area is 125 Å². The van der Waals surface area contributed by atoms with Gasteiger partial charge in [-0.25, -0.2) is 0 Å². The van der Waals surface area contributed by atoms with Crippen molar-refractivity contribution < 1.29 is 9.47 Å². The van der Waals surface area contributed by atoms with E-state index in [1.54, 1.807) is 14.2 Å². The number of benzene rings is 1. The Morgan fingerprint density at radius 1 is 1.24 bits per heavy atom. The first-order valence-electron chi connectivity index (χ1n) is 7.15. The van der Waals surface area contributed by atoms with Crippen LogP contribution in [-0.2, 0) is 13.1 Å². The molecule has 2 aromatic rings. The van der Waals surface area contributed by atoms with E-state index in [0.29, 0.717) is 0 Å². The largest absolute Gasteiger partial charge is 0.497 e. The SMILES string of the molecule is CCn1nccc1CNC(C)c1cc(OC)ccc1OC. The van der Waals surface area contributed by atoms with Crippen LogP contribution in [-0.4, -0.2) is 24.0 Å². The normalized spacial score (nSPS) is 12.2. The maximum atomic E-state index is 5.43. The molecule has 0 saturated heterocycles. The van der Waals surface area contributed by atoms with Gasteiger partial charge in [-0.1, -0.05) is 0 Å². The van der Waals surface area contributed by atoms with Crippen LogP contribution in [0.4, 0.5) is 0 Å². The van der Waals surface area contributed by atoms with E-state index in [1.165, 1.54) is 5.69 Å². The van der Waals surface area contributed by atoms with Gasteiger partial charge in [-0.05, 0) is 38.1 Å². The average Bonchev–Trinajstić information content (AvgIpc) is 2.99. The molecule has 1 atom stereocenters. The van der Waals surface area contributed by atoms with Crippen molar-refractivity contribution in [3.8, 4) is 11.5 Å². The van der Waals surface area contributed by atoms with Gasteiger partial charge >= 0.3 is 0 Å². The summed E-state index contributed by atoms with van der Waals surface area (Å²) < 4.78 is 12.7. The second-order valence-electron chi connectivity index (χ2n) is 4.85. The van der Waals surface area contributed by atoms with Crippen molar-refractivity contribution in [1.29, 1.82) is 0 Å². The smallest absolute Gasteiger partial charge is 0.123 e. The van der Waals surface area contributed by atoms with E-state index in [1.807, 2.05) is 35.1 Å². The lowest BCUT2D eigenvalue weighted by atomic mass is 10.1. The standard InChI is InChI=1S/C16H23N3O2/c1-5-19-13(8-9-18-19)11-17-12(2)15-10-14(20-3)6-7-16(15)21-4/h6-10,12,17H,5,11H2,1-4H3. The minimum Gasteiger partial charge on any atom is -0.497 e. The average molecular weight is 289 g/mol. The van der Waals surface area contributed by atoms with Crippen molar-refractivity contribution in [2.24, 2.45) is 0 Å². The number of methoxy groups -OCH3 is 2. The van der Waals surface area contributed by atoms with Gasteiger partial charge in [0.1, 0.15) is 11.5 Å². The maximum Gasteiger partial charge on any atom is 0.123 e. The molecule has 0 saturated carbocycles. The third kappa shape index (κ3) is 3.55. The highest BCUT2D eigenvalue weighted by Crippen LogP contribution is 2.29. The van der Waals surface area contributed by atoms with Gasteiger partial charge in [0, 0.05) is 30.9 Å². The Morgan fingerprint density at radius 3 is 2.71 bits per heavy atom. The van der Waals surface area contributed by atoms with E-state index in [9.17, 15) is 0 Å². The minimum absolute atomic E-state index is 0.148. The zero-order valence-electron chi connectivity index (χ0n) is 13.1. The Kier molecular flexibility index (Phi) is 5.22. The lowest BCUT2D eigenvalue weighted by molar-refractivity contribution is 0.391. The first-order valence-corrected chi connectivity index (χ1v) is 7.15. The zero-order valence-corrected chi connectivity index (χ0v) is 13.1. The van der Waals surface area contributed by atoms with Crippen molar-refractivity contribution in [3.05, 3.63) is 41.7 Å². The van der Waals surface area contributed by atoms with Gasteiger partial charge < -0.3 is 14.8 Å². The predicted molar refractivity (Wildman–Crippen MR) is 82.7 cm³/mol. The van der Waals surface area contributed by atoms with Gasteiger partial charge in [-0.15, -0.1) is 0 Å². The van der Waals surface area contributed by atoms with Crippen LogP contribution in [0.15, 0.2) is 30.5 Å². The van der Waals surface area contributed by atoms with Gasteiger partial charge in [0.2, 0.25) is 0 Å².